The maximum absolute atomic E-state index is 11.5. The fraction of sp³-hybridized carbons (Fsp3) is 0.364. The van der Waals surface area contributed by atoms with Gasteiger partial charge in [-0.05, 0) is 12.1 Å². The van der Waals surface area contributed by atoms with E-state index in [1.807, 2.05) is 0 Å². The van der Waals surface area contributed by atoms with Crippen LogP contribution in [0.4, 0.5) is 5.82 Å². The number of nitrogens with zero attached hydrogens (tertiary/aromatic N) is 1. The van der Waals surface area contributed by atoms with Crippen LogP contribution in [-0.4, -0.2) is 47.2 Å². The van der Waals surface area contributed by atoms with Crippen molar-refractivity contribution in [1.82, 2.24) is 4.98 Å². The molecule has 0 aliphatic heterocycles. The summed E-state index contributed by atoms with van der Waals surface area (Å²) in [4.78, 5) is 25.9. The lowest BCUT2D eigenvalue weighted by molar-refractivity contribution is -0.113. The number of ether oxygens (including phenoxy) is 1. The minimum absolute atomic E-state index is 0.0856. The topological polar surface area (TPSA) is 88.5 Å². The van der Waals surface area contributed by atoms with Gasteiger partial charge in [0.2, 0.25) is 5.91 Å². The Balaban J connectivity index is 2.37. The van der Waals surface area contributed by atoms with Gasteiger partial charge >= 0.3 is 5.97 Å². The zero-order valence-electron chi connectivity index (χ0n) is 9.88. The molecule has 0 spiro atoms. The van der Waals surface area contributed by atoms with Crippen molar-refractivity contribution in [3.8, 4) is 0 Å². The predicted octanol–water partition coefficient (Wildman–Crippen LogP) is 1.10. The molecule has 1 aromatic rings. The van der Waals surface area contributed by atoms with Gasteiger partial charge in [-0.2, -0.15) is 0 Å². The number of hydrogen-bond donors (Lipinski definition) is 2. The molecule has 0 aromatic carbocycles. The lowest BCUT2D eigenvalue weighted by Crippen LogP contribution is -2.15. The first-order chi connectivity index (χ1) is 8.63. The SMILES string of the molecule is COCCSCC(=O)Nc1ccc(C(=O)O)cn1. The fourth-order valence-electron chi connectivity index (χ4n) is 1.08. The second-order valence-corrected chi connectivity index (χ2v) is 4.44. The van der Waals surface area contributed by atoms with E-state index in [4.69, 9.17) is 9.84 Å². The predicted molar refractivity (Wildman–Crippen MR) is 69.0 cm³/mol. The number of aromatic nitrogens is 1. The minimum Gasteiger partial charge on any atom is -0.478 e. The van der Waals surface area contributed by atoms with Gasteiger partial charge in [-0.25, -0.2) is 9.78 Å². The molecular weight excluding hydrogens is 256 g/mol. The molecule has 1 amide bonds. The number of pyridine rings is 1. The number of carboxylic acid groups (broad SMARTS) is 1. The molecule has 1 rings (SSSR count). The number of hydrogen-bond acceptors (Lipinski definition) is 5. The van der Waals surface area contributed by atoms with Crippen LogP contribution in [-0.2, 0) is 9.53 Å². The molecule has 7 heteroatoms. The van der Waals surface area contributed by atoms with E-state index in [1.54, 1.807) is 7.11 Å². The highest BCUT2D eigenvalue weighted by Crippen LogP contribution is 2.06. The van der Waals surface area contributed by atoms with Crippen molar-refractivity contribution in [2.24, 2.45) is 0 Å². The summed E-state index contributed by atoms with van der Waals surface area (Å²) in [6.07, 6.45) is 1.20. The summed E-state index contributed by atoms with van der Waals surface area (Å²) in [7, 11) is 1.61. The number of carboxylic acids is 1. The van der Waals surface area contributed by atoms with Gasteiger partial charge in [-0.1, -0.05) is 0 Å². The van der Waals surface area contributed by atoms with Crippen molar-refractivity contribution in [1.29, 1.82) is 0 Å². The van der Waals surface area contributed by atoms with E-state index in [2.05, 4.69) is 10.3 Å². The number of carbonyl (C=O) groups is 2. The van der Waals surface area contributed by atoms with Crippen LogP contribution < -0.4 is 5.32 Å². The van der Waals surface area contributed by atoms with Crippen LogP contribution in [0.5, 0.6) is 0 Å². The molecule has 0 saturated heterocycles. The molecule has 0 atom stereocenters. The molecule has 1 heterocycles. The highest BCUT2D eigenvalue weighted by molar-refractivity contribution is 7.99. The second-order valence-electron chi connectivity index (χ2n) is 3.33. The molecule has 0 radical (unpaired) electrons. The quantitative estimate of drug-likeness (QED) is 0.721. The molecule has 98 valence electrons. The van der Waals surface area contributed by atoms with Crippen LogP contribution in [0.2, 0.25) is 0 Å². The zero-order valence-corrected chi connectivity index (χ0v) is 10.7. The lowest BCUT2D eigenvalue weighted by atomic mass is 10.3. The maximum Gasteiger partial charge on any atom is 0.337 e. The van der Waals surface area contributed by atoms with Crippen LogP contribution in [0.3, 0.4) is 0 Å². The summed E-state index contributed by atoms with van der Waals surface area (Å²) in [6, 6.07) is 2.85. The van der Waals surface area contributed by atoms with Gasteiger partial charge in [0.05, 0.1) is 17.9 Å². The number of aromatic carboxylic acids is 1. The third-order valence-electron chi connectivity index (χ3n) is 1.94. The molecule has 6 nitrogen and oxygen atoms in total. The van der Waals surface area contributed by atoms with E-state index in [-0.39, 0.29) is 11.5 Å². The van der Waals surface area contributed by atoms with Gasteiger partial charge < -0.3 is 15.2 Å². The Kier molecular flexibility index (Phi) is 6.16. The second kappa shape index (κ2) is 7.67. The van der Waals surface area contributed by atoms with Crippen LogP contribution in [0.1, 0.15) is 10.4 Å². The molecule has 18 heavy (non-hydrogen) atoms. The van der Waals surface area contributed by atoms with Crippen LogP contribution in [0.25, 0.3) is 0 Å². The van der Waals surface area contributed by atoms with E-state index < -0.39 is 5.97 Å². The summed E-state index contributed by atoms with van der Waals surface area (Å²) in [5.74, 6) is 0.181. The maximum atomic E-state index is 11.5. The molecule has 0 bridgehead atoms. The van der Waals surface area contributed by atoms with Gasteiger partial charge in [0.15, 0.2) is 0 Å². The normalized spacial score (nSPS) is 10.1. The summed E-state index contributed by atoms with van der Waals surface area (Å²) in [5.41, 5.74) is 0.0856. The van der Waals surface area contributed by atoms with Gasteiger partial charge in [-0.3, -0.25) is 4.79 Å². The Bertz CT molecular complexity index is 408. The van der Waals surface area contributed by atoms with Gasteiger partial charge in [0.1, 0.15) is 5.82 Å². The Hall–Kier alpha value is -1.60. The molecule has 1 aromatic heterocycles. The summed E-state index contributed by atoms with van der Waals surface area (Å²) >= 11 is 1.45. The number of thioether (sulfide) groups is 1. The highest BCUT2D eigenvalue weighted by atomic mass is 32.2. The molecular formula is C11H14N2O4S. The molecule has 0 aliphatic rings. The summed E-state index contributed by atoms with van der Waals surface area (Å²) in [6.45, 7) is 0.601. The van der Waals surface area contributed by atoms with Gasteiger partial charge in [0, 0.05) is 19.1 Å². The first-order valence-electron chi connectivity index (χ1n) is 5.19. The third-order valence-corrected chi connectivity index (χ3v) is 2.86. The van der Waals surface area contributed by atoms with Gasteiger partial charge in [0.25, 0.3) is 0 Å². The third kappa shape index (κ3) is 5.15. The lowest BCUT2D eigenvalue weighted by Gasteiger charge is -2.04. The largest absolute Gasteiger partial charge is 0.478 e. The number of carbonyl (C=O) groups excluding carboxylic acids is 1. The highest BCUT2D eigenvalue weighted by Gasteiger charge is 2.06. The monoisotopic (exact) mass is 270 g/mol. The van der Waals surface area contributed by atoms with E-state index in [0.717, 1.165) is 5.75 Å². The van der Waals surface area contributed by atoms with Crippen molar-refractivity contribution >= 4 is 29.5 Å². The number of anilines is 1. The smallest absolute Gasteiger partial charge is 0.337 e. The number of methoxy groups -OCH3 is 1. The van der Waals surface area contributed by atoms with Crippen molar-refractivity contribution in [2.45, 2.75) is 0 Å². The number of amides is 1. The van der Waals surface area contributed by atoms with Crippen LogP contribution in [0, 0.1) is 0 Å². The zero-order chi connectivity index (χ0) is 13.4. The molecule has 0 aliphatic carbocycles. The minimum atomic E-state index is -1.05. The standard InChI is InChI=1S/C11H14N2O4S/c1-17-4-5-18-7-10(14)13-9-3-2-8(6-12-9)11(15)16/h2-3,6H,4-5,7H2,1H3,(H,15,16)(H,12,13,14). The van der Waals surface area contributed by atoms with E-state index >= 15 is 0 Å². The van der Waals surface area contributed by atoms with Crippen molar-refractivity contribution in [2.75, 3.05) is 30.5 Å². The summed E-state index contributed by atoms with van der Waals surface area (Å²) in [5, 5.41) is 11.3. The molecule has 0 fully saturated rings. The van der Waals surface area contributed by atoms with Crippen molar-refractivity contribution in [3.05, 3.63) is 23.9 Å². The van der Waals surface area contributed by atoms with E-state index in [9.17, 15) is 9.59 Å². The molecule has 0 unspecified atom stereocenters. The Morgan fingerprint density at radius 3 is 2.83 bits per heavy atom. The Morgan fingerprint density at radius 2 is 2.28 bits per heavy atom. The molecule has 0 saturated carbocycles. The van der Waals surface area contributed by atoms with Crippen LogP contribution >= 0.6 is 11.8 Å². The van der Waals surface area contributed by atoms with E-state index in [1.165, 1.54) is 30.1 Å². The van der Waals surface area contributed by atoms with E-state index in [0.29, 0.717) is 18.2 Å². The fourth-order valence-corrected chi connectivity index (χ4v) is 1.77. The first-order valence-corrected chi connectivity index (χ1v) is 6.35. The number of rotatable bonds is 7. The van der Waals surface area contributed by atoms with Crippen molar-refractivity contribution < 1.29 is 19.4 Å². The Labute approximate surface area is 109 Å². The summed E-state index contributed by atoms with van der Waals surface area (Å²) < 4.78 is 4.86. The first kappa shape index (κ1) is 14.5. The van der Waals surface area contributed by atoms with Gasteiger partial charge in [-0.15, -0.1) is 11.8 Å². The average Bonchev–Trinajstić information content (AvgIpc) is 2.35. The van der Waals surface area contributed by atoms with Crippen LogP contribution in [0.15, 0.2) is 18.3 Å². The number of nitrogens with one attached hydrogen (secondary N) is 1. The average molecular weight is 270 g/mol. The molecule has 2 N–H and O–H groups in total. The Morgan fingerprint density at radius 1 is 1.50 bits per heavy atom. The van der Waals surface area contributed by atoms with Crippen molar-refractivity contribution in [3.63, 3.8) is 0 Å².